The largest absolute Gasteiger partial charge is 0.491 e. The first kappa shape index (κ1) is 15.1. The van der Waals surface area contributed by atoms with E-state index in [-0.39, 0.29) is 5.60 Å². The Hall–Kier alpha value is -1.26. The molecule has 112 valence electrons. The molecular formula is C16H24O4. The van der Waals surface area contributed by atoms with Crippen molar-refractivity contribution in [1.29, 1.82) is 0 Å². The Morgan fingerprint density at radius 3 is 2.85 bits per heavy atom. The molecule has 0 saturated heterocycles. The van der Waals surface area contributed by atoms with Crippen molar-refractivity contribution in [2.75, 3.05) is 19.8 Å². The number of ether oxygens (including phenoxy) is 3. The van der Waals surface area contributed by atoms with Crippen LogP contribution in [0.1, 0.15) is 45.3 Å². The average molecular weight is 280 g/mol. The molecule has 4 heteroatoms. The van der Waals surface area contributed by atoms with Crippen LogP contribution in [0.2, 0.25) is 0 Å². The Morgan fingerprint density at radius 2 is 2.10 bits per heavy atom. The summed E-state index contributed by atoms with van der Waals surface area (Å²) in [5, 5.41) is 10.1. The molecule has 0 aliphatic carbocycles. The predicted octanol–water partition coefficient (Wildman–Crippen LogP) is 3.09. The quantitative estimate of drug-likeness (QED) is 0.813. The van der Waals surface area contributed by atoms with Crippen molar-refractivity contribution >= 4 is 0 Å². The summed E-state index contributed by atoms with van der Waals surface area (Å²) in [6.07, 6.45) is 1.14. The number of aliphatic hydroxyl groups excluding tert-OH is 1. The molecule has 1 aromatic carbocycles. The number of rotatable bonds is 6. The molecule has 0 radical (unpaired) electrons. The maximum absolute atomic E-state index is 10.1. The molecule has 2 rings (SSSR count). The number of aliphatic hydroxyl groups is 1. The molecule has 1 aliphatic rings. The molecule has 0 bridgehead atoms. The van der Waals surface area contributed by atoms with Crippen molar-refractivity contribution in [2.45, 2.75) is 45.3 Å². The second-order valence-corrected chi connectivity index (χ2v) is 5.74. The van der Waals surface area contributed by atoms with Crippen LogP contribution in [0.25, 0.3) is 0 Å². The summed E-state index contributed by atoms with van der Waals surface area (Å²) in [6.45, 7) is 7.90. The Bertz CT molecular complexity index is 442. The fourth-order valence-electron chi connectivity index (χ4n) is 2.35. The molecule has 20 heavy (non-hydrogen) atoms. The van der Waals surface area contributed by atoms with E-state index in [1.165, 1.54) is 0 Å². The van der Waals surface area contributed by atoms with Crippen molar-refractivity contribution in [3.8, 4) is 11.5 Å². The first-order chi connectivity index (χ1) is 9.52. The average Bonchev–Trinajstić information content (AvgIpc) is 2.36. The van der Waals surface area contributed by atoms with Gasteiger partial charge >= 0.3 is 0 Å². The lowest BCUT2D eigenvalue weighted by Gasteiger charge is -2.35. The highest BCUT2D eigenvalue weighted by molar-refractivity contribution is 5.43. The van der Waals surface area contributed by atoms with E-state index in [9.17, 15) is 5.11 Å². The monoisotopic (exact) mass is 280 g/mol. The maximum Gasteiger partial charge on any atom is 0.129 e. The lowest BCUT2D eigenvalue weighted by atomic mass is 9.92. The number of benzene rings is 1. The SMILES string of the molecule is CCCOCCOc1ccc2c(c1)OC(C)(C)CC2O. The Balaban J connectivity index is 1.97. The van der Waals surface area contributed by atoms with Crippen LogP contribution < -0.4 is 9.47 Å². The Labute approximate surface area is 120 Å². The van der Waals surface area contributed by atoms with Gasteiger partial charge in [-0.2, -0.15) is 0 Å². The third-order valence-electron chi connectivity index (χ3n) is 3.26. The van der Waals surface area contributed by atoms with Gasteiger partial charge in [0, 0.05) is 24.7 Å². The van der Waals surface area contributed by atoms with E-state index in [1.54, 1.807) is 0 Å². The van der Waals surface area contributed by atoms with Gasteiger partial charge in [-0.1, -0.05) is 6.92 Å². The third-order valence-corrected chi connectivity index (χ3v) is 3.26. The van der Waals surface area contributed by atoms with Crippen LogP contribution in [-0.4, -0.2) is 30.5 Å². The first-order valence-electron chi connectivity index (χ1n) is 7.23. The van der Waals surface area contributed by atoms with Gasteiger partial charge in [0.1, 0.15) is 23.7 Å². The number of hydrogen-bond donors (Lipinski definition) is 1. The van der Waals surface area contributed by atoms with E-state index in [1.807, 2.05) is 32.0 Å². The summed E-state index contributed by atoms with van der Waals surface area (Å²) in [4.78, 5) is 0. The third kappa shape index (κ3) is 3.87. The summed E-state index contributed by atoms with van der Waals surface area (Å²) < 4.78 is 16.9. The second-order valence-electron chi connectivity index (χ2n) is 5.74. The van der Waals surface area contributed by atoms with Crippen LogP contribution in [0.4, 0.5) is 0 Å². The molecule has 1 aromatic rings. The van der Waals surface area contributed by atoms with Gasteiger partial charge in [0.05, 0.1) is 12.7 Å². The van der Waals surface area contributed by atoms with E-state index in [0.29, 0.717) is 25.4 Å². The van der Waals surface area contributed by atoms with E-state index >= 15 is 0 Å². The highest BCUT2D eigenvalue weighted by Crippen LogP contribution is 2.40. The van der Waals surface area contributed by atoms with Gasteiger partial charge in [-0.3, -0.25) is 0 Å². The van der Waals surface area contributed by atoms with Crippen LogP contribution in [0.5, 0.6) is 11.5 Å². The minimum atomic E-state index is -0.476. The molecule has 0 spiro atoms. The van der Waals surface area contributed by atoms with Crippen LogP contribution in [-0.2, 0) is 4.74 Å². The molecule has 4 nitrogen and oxygen atoms in total. The summed E-state index contributed by atoms with van der Waals surface area (Å²) in [6, 6.07) is 5.58. The molecule has 0 fully saturated rings. The number of fused-ring (bicyclic) bond motifs is 1. The molecule has 0 aromatic heterocycles. The van der Waals surface area contributed by atoms with Crippen LogP contribution in [0, 0.1) is 0 Å². The topological polar surface area (TPSA) is 47.9 Å². The van der Waals surface area contributed by atoms with E-state index in [0.717, 1.165) is 24.3 Å². The standard InChI is InChI=1S/C16H24O4/c1-4-7-18-8-9-19-12-5-6-13-14(17)11-16(2,3)20-15(13)10-12/h5-6,10,14,17H,4,7-9,11H2,1-3H3. The van der Waals surface area contributed by atoms with E-state index < -0.39 is 6.10 Å². The summed E-state index contributed by atoms with van der Waals surface area (Å²) >= 11 is 0. The molecule has 0 saturated carbocycles. The smallest absolute Gasteiger partial charge is 0.129 e. The Morgan fingerprint density at radius 1 is 1.30 bits per heavy atom. The Kier molecular flexibility index (Phi) is 4.89. The van der Waals surface area contributed by atoms with Gasteiger partial charge in [-0.05, 0) is 32.4 Å². The van der Waals surface area contributed by atoms with Crippen molar-refractivity contribution in [3.05, 3.63) is 23.8 Å². The zero-order valence-electron chi connectivity index (χ0n) is 12.5. The van der Waals surface area contributed by atoms with Crippen molar-refractivity contribution in [1.82, 2.24) is 0 Å². The molecule has 1 N–H and O–H groups in total. The minimum Gasteiger partial charge on any atom is -0.491 e. The van der Waals surface area contributed by atoms with Gasteiger partial charge in [-0.25, -0.2) is 0 Å². The summed E-state index contributed by atoms with van der Waals surface area (Å²) in [5.74, 6) is 1.45. The van der Waals surface area contributed by atoms with Crippen LogP contribution in [0.15, 0.2) is 18.2 Å². The van der Waals surface area contributed by atoms with Crippen LogP contribution in [0.3, 0.4) is 0 Å². The predicted molar refractivity (Wildman–Crippen MR) is 77.3 cm³/mol. The molecule has 1 unspecified atom stereocenters. The van der Waals surface area contributed by atoms with Crippen molar-refractivity contribution in [2.24, 2.45) is 0 Å². The van der Waals surface area contributed by atoms with Crippen molar-refractivity contribution in [3.63, 3.8) is 0 Å². The zero-order valence-corrected chi connectivity index (χ0v) is 12.5. The normalized spacial score (nSPS) is 20.1. The van der Waals surface area contributed by atoms with Gasteiger partial charge in [0.2, 0.25) is 0 Å². The highest BCUT2D eigenvalue weighted by atomic mass is 16.5. The molecule has 1 atom stereocenters. The lowest BCUT2D eigenvalue weighted by molar-refractivity contribution is 0.0112. The molecular weight excluding hydrogens is 256 g/mol. The van der Waals surface area contributed by atoms with Crippen LogP contribution >= 0.6 is 0 Å². The van der Waals surface area contributed by atoms with Gasteiger partial charge in [0.25, 0.3) is 0 Å². The summed E-state index contributed by atoms with van der Waals surface area (Å²) in [7, 11) is 0. The maximum atomic E-state index is 10.1. The van der Waals surface area contributed by atoms with Crippen molar-refractivity contribution < 1.29 is 19.3 Å². The summed E-state index contributed by atoms with van der Waals surface area (Å²) in [5.41, 5.74) is 0.480. The molecule has 1 heterocycles. The van der Waals surface area contributed by atoms with E-state index in [4.69, 9.17) is 14.2 Å². The van der Waals surface area contributed by atoms with Gasteiger partial charge < -0.3 is 19.3 Å². The first-order valence-corrected chi connectivity index (χ1v) is 7.23. The van der Waals surface area contributed by atoms with E-state index in [2.05, 4.69) is 6.92 Å². The zero-order chi connectivity index (χ0) is 14.6. The van der Waals surface area contributed by atoms with Gasteiger partial charge in [0.15, 0.2) is 0 Å². The number of hydrogen-bond acceptors (Lipinski definition) is 4. The minimum absolute atomic E-state index is 0.352. The lowest BCUT2D eigenvalue weighted by Crippen LogP contribution is -2.34. The second kappa shape index (κ2) is 6.46. The van der Waals surface area contributed by atoms with Gasteiger partial charge in [-0.15, -0.1) is 0 Å². The fourth-order valence-corrected chi connectivity index (χ4v) is 2.35. The fraction of sp³-hybridized carbons (Fsp3) is 0.625. The molecule has 0 amide bonds. The molecule has 1 aliphatic heterocycles. The highest BCUT2D eigenvalue weighted by Gasteiger charge is 2.32.